The maximum Gasteiger partial charge on any atom is 0.326 e. The molecule has 110 valence electrons. The molecule has 20 heavy (non-hydrogen) atoms. The zero-order chi connectivity index (χ0) is 15.0. The first-order chi connectivity index (χ1) is 9.52. The topological polar surface area (TPSA) is 75.6 Å². The highest BCUT2D eigenvalue weighted by molar-refractivity contribution is 5.83. The van der Waals surface area contributed by atoms with Crippen LogP contribution in [-0.2, 0) is 9.59 Å². The maximum atomic E-state index is 11.6. The van der Waals surface area contributed by atoms with Crippen LogP contribution in [0.25, 0.3) is 0 Å². The smallest absolute Gasteiger partial charge is 0.326 e. The van der Waals surface area contributed by atoms with Crippen molar-refractivity contribution >= 4 is 11.9 Å². The summed E-state index contributed by atoms with van der Waals surface area (Å²) in [6.45, 7) is 4.09. The highest BCUT2D eigenvalue weighted by atomic mass is 16.5. The van der Waals surface area contributed by atoms with E-state index in [4.69, 9.17) is 9.84 Å². The minimum Gasteiger partial charge on any atom is -0.493 e. The average molecular weight is 279 g/mol. The summed E-state index contributed by atoms with van der Waals surface area (Å²) in [5.74, 6) is -0.607. The van der Waals surface area contributed by atoms with Gasteiger partial charge in [-0.1, -0.05) is 31.0 Å². The first kappa shape index (κ1) is 16.0. The van der Waals surface area contributed by atoms with Gasteiger partial charge in [-0.2, -0.15) is 0 Å². The largest absolute Gasteiger partial charge is 0.493 e. The van der Waals surface area contributed by atoms with Crippen LogP contribution < -0.4 is 10.1 Å². The van der Waals surface area contributed by atoms with E-state index in [0.717, 1.165) is 5.56 Å². The average Bonchev–Trinajstić information content (AvgIpc) is 2.40. The first-order valence-corrected chi connectivity index (χ1v) is 6.74. The molecule has 0 radical (unpaired) electrons. The molecular formula is C15H21NO4. The number of carbonyl (C=O) groups is 2. The van der Waals surface area contributed by atoms with Crippen molar-refractivity contribution in [1.82, 2.24) is 5.32 Å². The molecule has 0 unspecified atom stereocenters. The molecule has 0 fully saturated rings. The molecule has 1 amide bonds. The summed E-state index contributed by atoms with van der Waals surface area (Å²) in [7, 11) is 0. The molecule has 0 spiro atoms. The fraction of sp³-hybridized carbons (Fsp3) is 0.467. The molecule has 0 aliphatic carbocycles. The van der Waals surface area contributed by atoms with E-state index in [9.17, 15) is 9.59 Å². The predicted octanol–water partition coefficient (Wildman–Crippen LogP) is 2.13. The van der Waals surface area contributed by atoms with Gasteiger partial charge in [0, 0.05) is 0 Å². The monoisotopic (exact) mass is 279 g/mol. The van der Waals surface area contributed by atoms with Gasteiger partial charge in [0.15, 0.2) is 0 Å². The molecule has 1 aromatic carbocycles. The molecular weight excluding hydrogens is 258 g/mol. The molecule has 0 bridgehead atoms. The third kappa shape index (κ3) is 5.73. The summed E-state index contributed by atoms with van der Waals surface area (Å²) in [4.78, 5) is 22.5. The second-order valence-corrected chi connectivity index (χ2v) is 4.66. The lowest BCUT2D eigenvalue weighted by Crippen LogP contribution is -2.41. The number of carboxylic acids is 1. The molecule has 1 aromatic rings. The van der Waals surface area contributed by atoms with Crippen molar-refractivity contribution < 1.29 is 19.4 Å². The van der Waals surface area contributed by atoms with Gasteiger partial charge in [0.05, 0.1) is 13.0 Å². The van der Waals surface area contributed by atoms with Gasteiger partial charge in [-0.15, -0.1) is 0 Å². The van der Waals surface area contributed by atoms with Gasteiger partial charge in [-0.05, 0) is 25.5 Å². The van der Waals surface area contributed by atoms with Gasteiger partial charge in [-0.3, -0.25) is 4.79 Å². The number of carbonyl (C=O) groups excluding carboxylic acids is 1. The minimum atomic E-state index is -1.00. The third-order valence-corrected chi connectivity index (χ3v) is 2.83. The van der Waals surface area contributed by atoms with E-state index in [1.54, 1.807) is 0 Å². The van der Waals surface area contributed by atoms with Crippen molar-refractivity contribution in [2.45, 2.75) is 39.2 Å². The van der Waals surface area contributed by atoms with Crippen molar-refractivity contribution in [3.05, 3.63) is 29.8 Å². The van der Waals surface area contributed by atoms with Gasteiger partial charge in [0.2, 0.25) is 5.91 Å². The predicted molar refractivity (Wildman–Crippen MR) is 75.8 cm³/mol. The third-order valence-electron chi connectivity index (χ3n) is 2.83. The van der Waals surface area contributed by atoms with Crippen LogP contribution in [-0.4, -0.2) is 29.6 Å². The van der Waals surface area contributed by atoms with E-state index in [1.807, 2.05) is 38.1 Å². The van der Waals surface area contributed by atoms with Gasteiger partial charge >= 0.3 is 5.97 Å². The lowest BCUT2D eigenvalue weighted by Gasteiger charge is -2.13. The number of ether oxygens (including phenoxy) is 1. The first-order valence-electron chi connectivity index (χ1n) is 6.74. The molecule has 1 rings (SSSR count). The van der Waals surface area contributed by atoms with Crippen molar-refractivity contribution in [2.75, 3.05) is 6.61 Å². The van der Waals surface area contributed by atoms with Crippen LogP contribution in [0, 0.1) is 6.92 Å². The van der Waals surface area contributed by atoms with Gasteiger partial charge < -0.3 is 15.2 Å². The van der Waals surface area contributed by atoms with Crippen molar-refractivity contribution in [3.8, 4) is 5.75 Å². The minimum absolute atomic E-state index is 0.140. The van der Waals surface area contributed by atoms with Crippen molar-refractivity contribution in [3.63, 3.8) is 0 Å². The van der Waals surface area contributed by atoms with Gasteiger partial charge in [-0.25, -0.2) is 4.79 Å². The van der Waals surface area contributed by atoms with Gasteiger partial charge in [0.25, 0.3) is 0 Å². The van der Waals surface area contributed by atoms with Crippen molar-refractivity contribution in [2.24, 2.45) is 0 Å². The maximum absolute atomic E-state index is 11.6. The Kier molecular flexibility index (Phi) is 6.56. The van der Waals surface area contributed by atoms with Crippen LogP contribution >= 0.6 is 0 Å². The van der Waals surface area contributed by atoms with Crippen LogP contribution in [0.3, 0.4) is 0 Å². The highest BCUT2D eigenvalue weighted by Crippen LogP contribution is 2.11. The van der Waals surface area contributed by atoms with Crippen LogP contribution in [0.1, 0.15) is 31.7 Å². The summed E-state index contributed by atoms with van der Waals surface area (Å²) in [6.07, 6.45) is 1.28. The fourth-order valence-electron chi connectivity index (χ4n) is 1.71. The van der Waals surface area contributed by atoms with Crippen LogP contribution in [0.15, 0.2) is 24.3 Å². The summed E-state index contributed by atoms with van der Waals surface area (Å²) in [5.41, 5.74) is 1.14. The Morgan fingerprint density at radius 3 is 2.50 bits per heavy atom. The van der Waals surface area contributed by atoms with E-state index in [-0.39, 0.29) is 18.9 Å². The van der Waals surface area contributed by atoms with E-state index in [2.05, 4.69) is 5.32 Å². The summed E-state index contributed by atoms with van der Waals surface area (Å²) in [5, 5.41) is 11.4. The Morgan fingerprint density at radius 2 is 1.95 bits per heavy atom. The molecule has 2 N–H and O–H groups in total. The van der Waals surface area contributed by atoms with Crippen LogP contribution in [0.5, 0.6) is 5.75 Å². The lowest BCUT2D eigenvalue weighted by atomic mass is 10.1. The molecule has 0 aliphatic heterocycles. The standard InChI is InChI=1S/C15H21NO4/c1-3-4-13(15(18)19)16-14(17)9-10-20-12-7-5-11(2)6-8-12/h5-8,13H,3-4,9-10H2,1-2H3,(H,16,17)(H,18,19)/t13-/m0/s1. The Labute approximate surface area is 118 Å². The van der Waals surface area contributed by atoms with Crippen molar-refractivity contribution in [1.29, 1.82) is 0 Å². The molecule has 0 aromatic heterocycles. The number of aliphatic carboxylic acids is 1. The summed E-state index contributed by atoms with van der Waals surface area (Å²) >= 11 is 0. The SMILES string of the molecule is CCC[C@H](NC(=O)CCOc1ccc(C)cc1)C(=O)O. The Bertz CT molecular complexity index is 442. The number of aryl methyl sites for hydroxylation is 1. The summed E-state index contributed by atoms with van der Waals surface area (Å²) < 4.78 is 5.43. The lowest BCUT2D eigenvalue weighted by molar-refractivity contribution is -0.142. The van der Waals surface area contributed by atoms with E-state index >= 15 is 0 Å². The number of carboxylic acid groups (broad SMARTS) is 1. The summed E-state index contributed by atoms with van der Waals surface area (Å²) in [6, 6.07) is 6.72. The van der Waals surface area contributed by atoms with Gasteiger partial charge in [0.1, 0.15) is 11.8 Å². The zero-order valence-electron chi connectivity index (χ0n) is 11.9. The van der Waals surface area contributed by atoms with E-state index < -0.39 is 12.0 Å². The molecule has 0 saturated heterocycles. The second-order valence-electron chi connectivity index (χ2n) is 4.66. The Balaban J connectivity index is 2.32. The highest BCUT2D eigenvalue weighted by Gasteiger charge is 2.18. The second kappa shape index (κ2) is 8.19. The van der Waals surface area contributed by atoms with E-state index in [0.29, 0.717) is 18.6 Å². The number of hydrogen-bond acceptors (Lipinski definition) is 3. The number of amides is 1. The number of nitrogens with one attached hydrogen (secondary N) is 1. The molecule has 5 heteroatoms. The molecule has 5 nitrogen and oxygen atoms in total. The number of hydrogen-bond donors (Lipinski definition) is 2. The van der Waals surface area contributed by atoms with Crippen LogP contribution in [0.4, 0.5) is 0 Å². The number of benzene rings is 1. The molecule has 1 atom stereocenters. The normalized spacial score (nSPS) is 11.7. The Morgan fingerprint density at radius 1 is 1.30 bits per heavy atom. The van der Waals surface area contributed by atoms with Crippen LogP contribution in [0.2, 0.25) is 0 Å². The zero-order valence-corrected chi connectivity index (χ0v) is 11.9. The number of rotatable bonds is 8. The van der Waals surface area contributed by atoms with E-state index in [1.165, 1.54) is 0 Å². The Hall–Kier alpha value is -2.04. The quantitative estimate of drug-likeness (QED) is 0.764. The molecule has 0 saturated carbocycles. The molecule has 0 aliphatic rings. The fourth-order valence-corrected chi connectivity index (χ4v) is 1.71. The molecule has 0 heterocycles.